The van der Waals surface area contributed by atoms with Gasteiger partial charge in [0.15, 0.2) is 0 Å². The van der Waals surface area contributed by atoms with Gasteiger partial charge in [-0.15, -0.1) is 0 Å². The average Bonchev–Trinajstić information content (AvgIpc) is 2.69. The molecule has 2 aliphatic rings. The zero-order chi connectivity index (χ0) is 20.3. The Morgan fingerprint density at radius 3 is 2.54 bits per heavy atom. The predicted molar refractivity (Wildman–Crippen MR) is 106 cm³/mol. The van der Waals surface area contributed by atoms with Crippen molar-refractivity contribution in [1.29, 1.82) is 0 Å². The largest absolute Gasteiger partial charge is 0.481 e. The Bertz CT molecular complexity index is 732. The molecule has 0 aliphatic carbocycles. The van der Waals surface area contributed by atoms with Gasteiger partial charge in [-0.2, -0.15) is 0 Å². The number of hydrogen-bond donors (Lipinski definition) is 2. The van der Waals surface area contributed by atoms with E-state index >= 15 is 0 Å². The maximum atomic E-state index is 13.0. The molecule has 2 fully saturated rings. The van der Waals surface area contributed by atoms with Crippen LogP contribution in [0.15, 0.2) is 18.2 Å². The lowest BCUT2D eigenvalue weighted by molar-refractivity contribution is -0.162. The third kappa shape index (κ3) is 3.86. The van der Waals surface area contributed by atoms with Crippen LogP contribution in [0.4, 0.5) is 5.69 Å². The number of aliphatic hydroxyl groups is 1. The molecule has 2 atom stereocenters. The molecule has 154 valence electrons. The number of piperidine rings is 1. The number of carboxylic acid groups (broad SMARTS) is 1. The van der Waals surface area contributed by atoms with Crippen molar-refractivity contribution in [3.8, 4) is 0 Å². The second-order valence-electron chi connectivity index (χ2n) is 7.83. The Kier molecular flexibility index (Phi) is 6.25. The second-order valence-corrected chi connectivity index (χ2v) is 7.83. The number of hydrogen-bond acceptors (Lipinski definition) is 5. The SMILES string of the molecule is CCC[C@]1(C(=O)O)CCN(C(=O)c2ccc(N3CCOCC3)c(C)c2)C[C@H]1O. The molecule has 3 rings (SSSR count). The first-order chi connectivity index (χ1) is 13.4. The number of carbonyl (C=O) groups is 2. The van der Waals surface area contributed by atoms with Crippen molar-refractivity contribution < 1.29 is 24.5 Å². The molecular formula is C21H30N2O5. The lowest BCUT2D eigenvalue weighted by Gasteiger charge is -2.42. The number of carboxylic acids is 1. The number of aliphatic carboxylic acids is 1. The first-order valence-electron chi connectivity index (χ1n) is 10.0. The summed E-state index contributed by atoms with van der Waals surface area (Å²) in [6.45, 7) is 7.37. The number of rotatable bonds is 5. The molecule has 1 aromatic carbocycles. The van der Waals surface area contributed by atoms with Crippen LogP contribution >= 0.6 is 0 Å². The Morgan fingerprint density at radius 2 is 1.96 bits per heavy atom. The summed E-state index contributed by atoms with van der Waals surface area (Å²) in [5.74, 6) is -1.13. The van der Waals surface area contributed by atoms with Gasteiger partial charge in [-0.3, -0.25) is 9.59 Å². The molecule has 7 nitrogen and oxygen atoms in total. The first-order valence-corrected chi connectivity index (χ1v) is 10.0. The van der Waals surface area contributed by atoms with Gasteiger partial charge < -0.3 is 24.7 Å². The highest BCUT2D eigenvalue weighted by Gasteiger charge is 2.48. The van der Waals surface area contributed by atoms with E-state index in [0.717, 1.165) is 24.3 Å². The number of carbonyl (C=O) groups excluding carboxylic acids is 1. The third-order valence-electron chi connectivity index (χ3n) is 6.06. The van der Waals surface area contributed by atoms with Gasteiger partial charge >= 0.3 is 5.97 Å². The van der Waals surface area contributed by atoms with Gasteiger partial charge in [0, 0.05) is 37.4 Å². The zero-order valence-corrected chi connectivity index (χ0v) is 16.7. The highest BCUT2D eigenvalue weighted by Crippen LogP contribution is 2.37. The summed E-state index contributed by atoms with van der Waals surface area (Å²) >= 11 is 0. The number of morpholine rings is 1. The molecule has 0 spiro atoms. The van der Waals surface area contributed by atoms with E-state index in [1.807, 2.05) is 32.0 Å². The van der Waals surface area contributed by atoms with E-state index in [2.05, 4.69) is 4.90 Å². The van der Waals surface area contributed by atoms with Crippen LogP contribution in [-0.2, 0) is 9.53 Å². The van der Waals surface area contributed by atoms with Crippen molar-refractivity contribution in [3.05, 3.63) is 29.3 Å². The molecule has 7 heteroatoms. The molecule has 1 amide bonds. The molecule has 2 aliphatic heterocycles. The van der Waals surface area contributed by atoms with Gasteiger partial charge in [0.2, 0.25) is 0 Å². The number of anilines is 1. The number of amides is 1. The summed E-state index contributed by atoms with van der Waals surface area (Å²) in [6, 6.07) is 5.66. The van der Waals surface area contributed by atoms with Gasteiger partial charge in [0.1, 0.15) is 0 Å². The smallest absolute Gasteiger partial charge is 0.312 e. The highest BCUT2D eigenvalue weighted by atomic mass is 16.5. The van der Waals surface area contributed by atoms with E-state index in [1.54, 1.807) is 4.90 Å². The van der Waals surface area contributed by atoms with Crippen LogP contribution < -0.4 is 4.90 Å². The summed E-state index contributed by atoms with van der Waals surface area (Å²) in [4.78, 5) is 28.6. The van der Waals surface area contributed by atoms with Crippen molar-refractivity contribution in [1.82, 2.24) is 4.90 Å². The van der Waals surface area contributed by atoms with E-state index in [-0.39, 0.29) is 18.9 Å². The quantitative estimate of drug-likeness (QED) is 0.798. The number of likely N-dealkylation sites (tertiary alicyclic amines) is 1. The van der Waals surface area contributed by atoms with Crippen LogP contribution in [0, 0.1) is 12.3 Å². The monoisotopic (exact) mass is 390 g/mol. The van der Waals surface area contributed by atoms with Crippen LogP contribution in [0.5, 0.6) is 0 Å². The summed E-state index contributed by atoms with van der Waals surface area (Å²) < 4.78 is 5.40. The van der Waals surface area contributed by atoms with Gasteiger partial charge in [0.05, 0.1) is 24.7 Å². The average molecular weight is 390 g/mol. The fourth-order valence-electron chi connectivity index (χ4n) is 4.38. The molecular weight excluding hydrogens is 360 g/mol. The van der Waals surface area contributed by atoms with Crippen LogP contribution in [-0.4, -0.2) is 72.5 Å². The summed E-state index contributed by atoms with van der Waals surface area (Å²) in [7, 11) is 0. The van der Waals surface area contributed by atoms with Crippen molar-refractivity contribution in [2.45, 2.75) is 39.2 Å². The molecule has 2 saturated heterocycles. The maximum Gasteiger partial charge on any atom is 0.312 e. The Hall–Kier alpha value is -2.12. The first kappa shape index (κ1) is 20.6. The summed E-state index contributed by atoms with van der Waals surface area (Å²) in [5.41, 5.74) is 1.55. The van der Waals surface area contributed by atoms with Crippen molar-refractivity contribution in [2.24, 2.45) is 5.41 Å². The fraction of sp³-hybridized carbons (Fsp3) is 0.619. The normalized spacial score (nSPS) is 25.6. The standard InChI is InChI=1S/C21H30N2O5/c1-3-6-21(20(26)27)7-8-23(14-18(21)24)19(25)16-4-5-17(15(2)13-16)22-9-11-28-12-10-22/h4-5,13,18,24H,3,6-12,14H2,1-2H3,(H,26,27)/t18-,21+/m1/s1. The minimum absolute atomic E-state index is 0.0510. The van der Waals surface area contributed by atoms with Crippen LogP contribution in [0.2, 0.25) is 0 Å². The Labute approximate surface area is 165 Å². The Morgan fingerprint density at radius 1 is 1.25 bits per heavy atom. The van der Waals surface area contributed by atoms with Gasteiger partial charge in [-0.1, -0.05) is 13.3 Å². The van der Waals surface area contributed by atoms with Gasteiger partial charge in [-0.05, 0) is 43.5 Å². The van der Waals surface area contributed by atoms with Crippen LogP contribution in [0.3, 0.4) is 0 Å². The van der Waals surface area contributed by atoms with E-state index in [0.29, 0.717) is 38.2 Å². The van der Waals surface area contributed by atoms with E-state index in [4.69, 9.17) is 4.74 Å². The topological polar surface area (TPSA) is 90.3 Å². The number of aryl methyl sites for hydroxylation is 1. The minimum atomic E-state index is -1.15. The molecule has 2 heterocycles. The third-order valence-corrected chi connectivity index (χ3v) is 6.06. The molecule has 1 aromatic rings. The van der Waals surface area contributed by atoms with E-state index in [9.17, 15) is 19.8 Å². The molecule has 0 radical (unpaired) electrons. The molecule has 0 saturated carbocycles. The number of nitrogens with zero attached hydrogens (tertiary/aromatic N) is 2. The summed E-state index contributed by atoms with van der Waals surface area (Å²) in [6.07, 6.45) is 0.308. The van der Waals surface area contributed by atoms with Gasteiger partial charge in [-0.25, -0.2) is 0 Å². The number of ether oxygens (including phenoxy) is 1. The highest BCUT2D eigenvalue weighted by molar-refractivity contribution is 5.95. The fourth-order valence-corrected chi connectivity index (χ4v) is 4.38. The van der Waals surface area contributed by atoms with Crippen molar-refractivity contribution in [3.63, 3.8) is 0 Å². The number of benzene rings is 1. The lowest BCUT2D eigenvalue weighted by Crippen LogP contribution is -2.56. The lowest BCUT2D eigenvalue weighted by atomic mass is 9.72. The molecule has 0 bridgehead atoms. The zero-order valence-electron chi connectivity index (χ0n) is 16.7. The Balaban J connectivity index is 1.72. The predicted octanol–water partition coefficient (Wildman–Crippen LogP) is 1.91. The van der Waals surface area contributed by atoms with Crippen LogP contribution in [0.25, 0.3) is 0 Å². The number of β-amino-alcohol motifs (C(OH)–C–C–N with tert-alkyl or cyclic N) is 1. The second kappa shape index (κ2) is 8.49. The molecule has 0 unspecified atom stereocenters. The van der Waals surface area contributed by atoms with Crippen LogP contribution in [0.1, 0.15) is 42.1 Å². The van der Waals surface area contributed by atoms with E-state index < -0.39 is 17.5 Å². The van der Waals surface area contributed by atoms with E-state index in [1.165, 1.54) is 0 Å². The van der Waals surface area contributed by atoms with Crippen molar-refractivity contribution in [2.75, 3.05) is 44.3 Å². The molecule has 2 N–H and O–H groups in total. The maximum absolute atomic E-state index is 13.0. The van der Waals surface area contributed by atoms with Gasteiger partial charge in [0.25, 0.3) is 5.91 Å². The molecule has 28 heavy (non-hydrogen) atoms. The number of aliphatic hydroxyl groups excluding tert-OH is 1. The molecule has 0 aromatic heterocycles. The minimum Gasteiger partial charge on any atom is -0.481 e. The van der Waals surface area contributed by atoms with Crippen molar-refractivity contribution >= 4 is 17.6 Å². The summed E-state index contributed by atoms with van der Waals surface area (Å²) in [5, 5.41) is 20.2.